The Hall–Kier alpha value is -0.0400. The van der Waals surface area contributed by atoms with E-state index in [4.69, 9.17) is 5.11 Å². The van der Waals surface area contributed by atoms with Gasteiger partial charge < -0.3 is 5.11 Å². The monoisotopic (exact) mass is 258 g/mol. The molecule has 0 bridgehead atoms. The van der Waals surface area contributed by atoms with Gasteiger partial charge in [-0.1, -0.05) is 68.7 Å². The number of aliphatic hydroxyl groups is 1. The molecular weight excluding hydrogens is 220 g/mol. The number of hydrogen-bond acceptors (Lipinski definition) is 1. The molecule has 1 heteroatoms. The van der Waals surface area contributed by atoms with Crippen LogP contribution in [0.5, 0.6) is 0 Å². The van der Waals surface area contributed by atoms with Crippen LogP contribution in [0.15, 0.2) is 0 Å². The van der Waals surface area contributed by atoms with Gasteiger partial charge in [0.1, 0.15) is 0 Å². The van der Waals surface area contributed by atoms with E-state index in [2.05, 4.69) is 62.3 Å². The van der Waals surface area contributed by atoms with Crippen LogP contribution >= 0.6 is 0 Å². The maximum atomic E-state index is 8.87. The maximum Gasteiger partial charge on any atom is 0.0464 e. The second-order valence-electron chi connectivity index (χ2n) is 6.89. The largest absolute Gasteiger partial charge is 0.396 e. The van der Waals surface area contributed by atoms with E-state index in [0.29, 0.717) is 24.4 Å². The molecule has 18 heavy (non-hydrogen) atoms. The van der Waals surface area contributed by atoms with Gasteiger partial charge in [0.25, 0.3) is 0 Å². The van der Waals surface area contributed by atoms with E-state index in [1.54, 1.807) is 0 Å². The summed E-state index contributed by atoms with van der Waals surface area (Å²) in [5.41, 5.74) is 0. The molecule has 0 saturated carbocycles. The molecule has 0 atom stereocenters. The average Bonchev–Trinajstić information content (AvgIpc) is 2.17. The third kappa shape index (κ3) is 8.97. The van der Waals surface area contributed by atoms with E-state index >= 15 is 0 Å². The van der Waals surface area contributed by atoms with Crippen LogP contribution in [0.2, 0.25) is 0 Å². The molecule has 1 nitrogen and oxygen atoms in total. The molecule has 0 heterocycles. The predicted octanol–water partition coefficient (Wildman–Crippen LogP) is 5.23. The van der Waals surface area contributed by atoms with E-state index < -0.39 is 0 Å². The summed E-state index contributed by atoms with van der Waals surface area (Å²) in [6.45, 7) is 20.5. The average molecular weight is 258 g/mol. The molecule has 1 N–H and O–H groups in total. The molecular formula is C17H38O. The molecule has 0 aliphatic heterocycles. The smallest absolute Gasteiger partial charge is 0.0464 e. The van der Waals surface area contributed by atoms with Gasteiger partial charge in [0.05, 0.1) is 0 Å². The number of rotatable bonds is 6. The molecule has 0 aliphatic carbocycles. The number of aliphatic hydroxyl groups excluding tert-OH is 1. The summed E-state index contributed by atoms with van der Waals surface area (Å²) in [5.74, 6) is 4.32. The van der Waals surface area contributed by atoms with Crippen LogP contribution in [0.4, 0.5) is 0 Å². The Bertz CT molecular complexity index is 134. The third-order valence-corrected chi connectivity index (χ3v) is 4.11. The van der Waals surface area contributed by atoms with Crippen molar-refractivity contribution < 1.29 is 5.11 Å². The molecule has 112 valence electrons. The molecule has 0 fully saturated rings. The number of hydrogen-bond donors (Lipinski definition) is 1. The van der Waals surface area contributed by atoms with Crippen LogP contribution < -0.4 is 0 Å². The minimum Gasteiger partial charge on any atom is -0.396 e. The Morgan fingerprint density at radius 2 is 0.889 bits per heavy atom. The summed E-state index contributed by atoms with van der Waals surface area (Å²) in [5, 5.41) is 8.87. The SMILES string of the molecule is CC(C)C(CO)C(C)C.CCC(C(C)C)C(C)C. The lowest BCUT2D eigenvalue weighted by Crippen LogP contribution is -2.19. The Balaban J connectivity index is 0. The van der Waals surface area contributed by atoms with Crippen molar-refractivity contribution in [2.75, 3.05) is 6.61 Å². The second kappa shape index (κ2) is 10.8. The van der Waals surface area contributed by atoms with Crippen molar-refractivity contribution in [1.29, 1.82) is 0 Å². The molecule has 0 spiro atoms. The Kier molecular flexibility index (Phi) is 12.2. The van der Waals surface area contributed by atoms with Crippen molar-refractivity contribution in [2.45, 2.75) is 68.7 Å². The Morgan fingerprint density at radius 3 is 0.889 bits per heavy atom. The van der Waals surface area contributed by atoms with Crippen LogP contribution in [-0.4, -0.2) is 11.7 Å². The maximum absolute atomic E-state index is 8.87. The molecule has 0 saturated heterocycles. The lowest BCUT2D eigenvalue weighted by Gasteiger charge is -2.22. The first kappa shape index (κ1) is 20.3. The summed E-state index contributed by atoms with van der Waals surface area (Å²) < 4.78 is 0. The summed E-state index contributed by atoms with van der Waals surface area (Å²) in [6.07, 6.45) is 1.33. The molecule has 0 rings (SSSR count). The molecule has 0 unspecified atom stereocenters. The highest BCUT2D eigenvalue weighted by Gasteiger charge is 2.15. The van der Waals surface area contributed by atoms with Gasteiger partial charge in [-0.25, -0.2) is 0 Å². The van der Waals surface area contributed by atoms with E-state index in [-0.39, 0.29) is 0 Å². The van der Waals surface area contributed by atoms with Crippen molar-refractivity contribution in [3.63, 3.8) is 0 Å². The summed E-state index contributed by atoms with van der Waals surface area (Å²) in [6, 6.07) is 0. The highest BCUT2D eigenvalue weighted by atomic mass is 16.3. The fraction of sp³-hybridized carbons (Fsp3) is 1.00. The van der Waals surface area contributed by atoms with Crippen molar-refractivity contribution in [3.05, 3.63) is 0 Å². The normalized spacial score (nSPS) is 12.0. The zero-order valence-corrected chi connectivity index (χ0v) is 14.3. The van der Waals surface area contributed by atoms with Crippen LogP contribution in [0.3, 0.4) is 0 Å². The molecule has 0 aromatic carbocycles. The highest BCUT2D eigenvalue weighted by Crippen LogP contribution is 2.23. The van der Waals surface area contributed by atoms with Gasteiger partial charge in [0, 0.05) is 6.61 Å². The Labute approximate surface area is 116 Å². The summed E-state index contributed by atoms with van der Waals surface area (Å²) >= 11 is 0. The van der Waals surface area contributed by atoms with Gasteiger partial charge >= 0.3 is 0 Å². The first-order valence-electron chi connectivity index (χ1n) is 7.79. The van der Waals surface area contributed by atoms with Crippen LogP contribution in [0.1, 0.15) is 68.7 Å². The molecule has 0 amide bonds. The highest BCUT2D eigenvalue weighted by molar-refractivity contribution is 4.64. The van der Waals surface area contributed by atoms with Gasteiger partial charge in [-0.05, 0) is 35.5 Å². The van der Waals surface area contributed by atoms with Gasteiger partial charge in [-0.15, -0.1) is 0 Å². The minimum atomic E-state index is 0.329. The van der Waals surface area contributed by atoms with E-state index in [1.165, 1.54) is 6.42 Å². The first-order valence-corrected chi connectivity index (χ1v) is 7.79. The first-order chi connectivity index (χ1) is 8.18. The second-order valence-corrected chi connectivity index (χ2v) is 6.89. The van der Waals surface area contributed by atoms with Crippen LogP contribution in [0, 0.1) is 35.5 Å². The standard InChI is InChI=1S/C9H20.C8H18O/c1-6-9(7(2)3)8(4)5;1-6(2)8(5-9)7(3)4/h7-9H,6H2,1-5H3;6-9H,5H2,1-4H3. The molecule has 0 aromatic rings. The summed E-state index contributed by atoms with van der Waals surface area (Å²) in [7, 11) is 0. The summed E-state index contributed by atoms with van der Waals surface area (Å²) in [4.78, 5) is 0. The van der Waals surface area contributed by atoms with Gasteiger partial charge in [0.2, 0.25) is 0 Å². The zero-order chi connectivity index (χ0) is 14.9. The fourth-order valence-electron chi connectivity index (χ4n) is 2.90. The van der Waals surface area contributed by atoms with Crippen molar-refractivity contribution in [1.82, 2.24) is 0 Å². The fourth-order valence-corrected chi connectivity index (χ4v) is 2.90. The van der Waals surface area contributed by atoms with E-state index in [1.807, 2.05) is 0 Å². The minimum absolute atomic E-state index is 0.329. The predicted molar refractivity (Wildman–Crippen MR) is 83.7 cm³/mol. The van der Waals surface area contributed by atoms with Crippen molar-refractivity contribution in [3.8, 4) is 0 Å². The Morgan fingerprint density at radius 1 is 0.611 bits per heavy atom. The van der Waals surface area contributed by atoms with Crippen LogP contribution in [0.25, 0.3) is 0 Å². The van der Waals surface area contributed by atoms with Crippen LogP contribution in [-0.2, 0) is 0 Å². The van der Waals surface area contributed by atoms with Gasteiger partial charge in [-0.2, -0.15) is 0 Å². The quantitative estimate of drug-likeness (QED) is 0.691. The van der Waals surface area contributed by atoms with E-state index in [9.17, 15) is 0 Å². The van der Waals surface area contributed by atoms with Crippen molar-refractivity contribution in [2.24, 2.45) is 35.5 Å². The lowest BCUT2D eigenvalue weighted by molar-refractivity contribution is 0.150. The topological polar surface area (TPSA) is 20.2 Å². The molecule has 0 aromatic heterocycles. The van der Waals surface area contributed by atoms with Gasteiger partial charge in [0.15, 0.2) is 0 Å². The van der Waals surface area contributed by atoms with Crippen molar-refractivity contribution >= 4 is 0 Å². The third-order valence-electron chi connectivity index (χ3n) is 4.11. The van der Waals surface area contributed by atoms with Gasteiger partial charge in [-0.3, -0.25) is 0 Å². The molecule has 0 radical (unpaired) electrons. The lowest BCUT2D eigenvalue weighted by atomic mass is 9.84. The molecule has 0 aliphatic rings. The zero-order valence-electron chi connectivity index (χ0n) is 14.3. The van der Waals surface area contributed by atoms with E-state index in [0.717, 1.165) is 17.8 Å².